The predicted octanol–water partition coefficient (Wildman–Crippen LogP) is 3.23. The van der Waals surface area contributed by atoms with E-state index in [4.69, 9.17) is 14.2 Å². The van der Waals surface area contributed by atoms with Gasteiger partial charge in [-0.15, -0.1) is 0 Å². The number of rotatable bonds is 7. The van der Waals surface area contributed by atoms with Crippen LogP contribution in [0.15, 0.2) is 48.5 Å². The second-order valence-corrected chi connectivity index (χ2v) is 5.21. The van der Waals surface area contributed by atoms with E-state index in [1.54, 1.807) is 62.8 Å². The Bertz CT molecular complexity index is 706. The van der Waals surface area contributed by atoms with E-state index in [1.807, 2.05) is 0 Å². The van der Waals surface area contributed by atoms with Crippen LogP contribution in [0.1, 0.15) is 28.3 Å². The molecule has 0 aliphatic heterocycles. The van der Waals surface area contributed by atoms with Crippen LogP contribution < -0.4 is 9.47 Å². The summed E-state index contributed by atoms with van der Waals surface area (Å²) in [6, 6.07) is 13.9. The highest BCUT2D eigenvalue weighted by Gasteiger charge is 2.25. The van der Waals surface area contributed by atoms with E-state index in [1.165, 1.54) is 7.11 Å². The van der Waals surface area contributed by atoms with Gasteiger partial charge in [0.2, 0.25) is 0 Å². The number of carbonyl (C=O) groups excluding carboxylic acids is 2. The topological polar surface area (TPSA) is 61.8 Å². The highest BCUT2D eigenvalue weighted by molar-refractivity contribution is 5.99. The Balaban J connectivity index is 2.24. The molecule has 24 heavy (non-hydrogen) atoms. The molecule has 0 amide bonds. The second-order valence-electron chi connectivity index (χ2n) is 5.21. The Kier molecular flexibility index (Phi) is 5.95. The van der Waals surface area contributed by atoms with E-state index in [-0.39, 0.29) is 12.2 Å². The molecule has 5 nitrogen and oxygen atoms in total. The lowest BCUT2D eigenvalue weighted by molar-refractivity contribution is -0.142. The zero-order valence-electron chi connectivity index (χ0n) is 13.9. The summed E-state index contributed by atoms with van der Waals surface area (Å²) in [7, 11) is 4.43. The lowest BCUT2D eigenvalue weighted by Crippen LogP contribution is -2.18. The molecular formula is C19H20O5. The van der Waals surface area contributed by atoms with Gasteiger partial charge in [0.1, 0.15) is 11.5 Å². The zero-order chi connectivity index (χ0) is 17.5. The first kappa shape index (κ1) is 17.5. The first-order chi connectivity index (χ1) is 11.6. The van der Waals surface area contributed by atoms with Crippen molar-refractivity contribution >= 4 is 11.8 Å². The molecule has 5 heteroatoms. The third kappa shape index (κ3) is 4.13. The van der Waals surface area contributed by atoms with E-state index in [0.717, 1.165) is 0 Å². The van der Waals surface area contributed by atoms with E-state index >= 15 is 0 Å². The molecular weight excluding hydrogens is 308 g/mol. The molecule has 126 valence electrons. The summed E-state index contributed by atoms with van der Waals surface area (Å²) in [5, 5.41) is 0. The molecule has 1 unspecified atom stereocenters. The Morgan fingerprint density at radius 2 is 1.58 bits per heavy atom. The van der Waals surface area contributed by atoms with Crippen LogP contribution >= 0.6 is 0 Å². The molecule has 0 saturated carbocycles. The summed E-state index contributed by atoms with van der Waals surface area (Å²) in [6.45, 7) is 0. The molecule has 0 aliphatic rings. The number of methoxy groups -OCH3 is 3. The van der Waals surface area contributed by atoms with Gasteiger partial charge < -0.3 is 14.2 Å². The SMILES string of the molecule is COC(=O)C(CC(=O)c1ccc(OC)cc1)c1cccc(OC)c1. The van der Waals surface area contributed by atoms with Gasteiger partial charge in [-0.25, -0.2) is 0 Å². The van der Waals surface area contributed by atoms with Crippen molar-refractivity contribution in [3.8, 4) is 11.5 Å². The molecule has 0 radical (unpaired) electrons. The summed E-state index contributed by atoms with van der Waals surface area (Å²) in [4.78, 5) is 24.7. The fourth-order valence-electron chi connectivity index (χ4n) is 2.42. The standard InChI is InChI=1S/C19H20O5/c1-22-15-9-7-13(8-10-15)18(20)12-17(19(21)24-3)14-5-4-6-16(11-14)23-2/h4-11,17H,12H2,1-3H3. The summed E-state index contributed by atoms with van der Waals surface area (Å²) < 4.78 is 15.1. The van der Waals surface area contributed by atoms with Gasteiger partial charge in [0.15, 0.2) is 5.78 Å². The van der Waals surface area contributed by atoms with Crippen molar-refractivity contribution in [2.75, 3.05) is 21.3 Å². The van der Waals surface area contributed by atoms with Crippen molar-refractivity contribution in [3.63, 3.8) is 0 Å². The molecule has 2 aromatic rings. The summed E-state index contributed by atoms with van der Waals surface area (Å²) in [5.41, 5.74) is 1.20. The van der Waals surface area contributed by atoms with Crippen molar-refractivity contribution in [2.24, 2.45) is 0 Å². The van der Waals surface area contributed by atoms with Crippen LogP contribution in [0, 0.1) is 0 Å². The number of hydrogen-bond acceptors (Lipinski definition) is 5. The minimum Gasteiger partial charge on any atom is -0.497 e. The molecule has 0 aromatic heterocycles. The number of benzene rings is 2. The first-order valence-electron chi connectivity index (χ1n) is 7.48. The Morgan fingerprint density at radius 3 is 2.17 bits per heavy atom. The number of esters is 1. The lowest BCUT2D eigenvalue weighted by Gasteiger charge is -2.15. The van der Waals surface area contributed by atoms with Crippen LogP contribution in [0.5, 0.6) is 11.5 Å². The van der Waals surface area contributed by atoms with Crippen LogP contribution in [0.2, 0.25) is 0 Å². The van der Waals surface area contributed by atoms with Crippen molar-refractivity contribution in [2.45, 2.75) is 12.3 Å². The Hall–Kier alpha value is -2.82. The number of carbonyl (C=O) groups is 2. The van der Waals surface area contributed by atoms with Gasteiger partial charge in [0.05, 0.1) is 27.2 Å². The van der Waals surface area contributed by atoms with E-state index in [0.29, 0.717) is 22.6 Å². The maximum absolute atomic E-state index is 12.5. The van der Waals surface area contributed by atoms with Crippen molar-refractivity contribution < 1.29 is 23.8 Å². The van der Waals surface area contributed by atoms with Gasteiger partial charge in [-0.2, -0.15) is 0 Å². The van der Waals surface area contributed by atoms with E-state index in [9.17, 15) is 9.59 Å². The van der Waals surface area contributed by atoms with Gasteiger partial charge in [0.25, 0.3) is 0 Å². The van der Waals surface area contributed by atoms with Crippen LogP contribution in [-0.2, 0) is 9.53 Å². The predicted molar refractivity (Wildman–Crippen MR) is 89.7 cm³/mol. The van der Waals surface area contributed by atoms with Crippen molar-refractivity contribution in [3.05, 3.63) is 59.7 Å². The summed E-state index contributed by atoms with van der Waals surface area (Å²) in [5.74, 6) is 0.0165. The van der Waals surface area contributed by atoms with Crippen molar-refractivity contribution in [1.82, 2.24) is 0 Å². The molecule has 2 aromatic carbocycles. The normalized spacial score (nSPS) is 11.5. The largest absolute Gasteiger partial charge is 0.497 e. The molecule has 0 N–H and O–H groups in total. The number of ether oxygens (including phenoxy) is 3. The third-order valence-corrected chi connectivity index (χ3v) is 3.78. The third-order valence-electron chi connectivity index (χ3n) is 3.78. The molecule has 0 fully saturated rings. The number of ketones is 1. The molecule has 2 rings (SSSR count). The average Bonchev–Trinajstić information content (AvgIpc) is 2.65. The van der Waals surface area contributed by atoms with Gasteiger partial charge in [0, 0.05) is 12.0 Å². The zero-order valence-corrected chi connectivity index (χ0v) is 13.9. The van der Waals surface area contributed by atoms with Crippen LogP contribution in [-0.4, -0.2) is 33.1 Å². The van der Waals surface area contributed by atoms with Gasteiger partial charge >= 0.3 is 5.97 Å². The maximum atomic E-state index is 12.5. The molecule has 1 atom stereocenters. The van der Waals surface area contributed by atoms with Gasteiger partial charge in [-0.05, 0) is 42.0 Å². The van der Waals surface area contributed by atoms with E-state index in [2.05, 4.69) is 0 Å². The minimum atomic E-state index is -0.681. The van der Waals surface area contributed by atoms with Crippen molar-refractivity contribution in [1.29, 1.82) is 0 Å². The number of Topliss-reactive ketones (excluding diaryl/α,β-unsaturated/α-hetero) is 1. The lowest BCUT2D eigenvalue weighted by atomic mass is 9.91. The maximum Gasteiger partial charge on any atom is 0.313 e. The van der Waals surface area contributed by atoms with Gasteiger partial charge in [-0.1, -0.05) is 12.1 Å². The molecule has 0 heterocycles. The Labute approximate surface area is 141 Å². The fraction of sp³-hybridized carbons (Fsp3) is 0.263. The summed E-state index contributed by atoms with van der Waals surface area (Å²) >= 11 is 0. The van der Waals surface area contributed by atoms with Crippen LogP contribution in [0.25, 0.3) is 0 Å². The van der Waals surface area contributed by atoms with Crippen LogP contribution in [0.4, 0.5) is 0 Å². The molecule has 0 bridgehead atoms. The van der Waals surface area contributed by atoms with E-state index < -0.39 is 11.9 Å². The Morgan fingerprint density at radius 1 is 0.917 bits per heavy atom. The highest BCUT2D eigenvalue weighted by atomic mass is 16.5. The van der Waals surface area contributed by atoms with Gasteiger partial charge in [-0.3, -0.25) is 9.59 Å². The first-order valence-corrected chi connectivity index (χ1v) is 7.48. The minimum absolute atomic E-state index is 0.0200. The number of hydrogen-bond donors (Lipinski definition) is 0. The monoisotopic (exact) mass is 328 g/mol. The smallest absolute Gasteiger partial charge is 0.313 e. The highest BCUT2D eigenvalue weighted by Crippen LogP contribution is 2.27. The average molecular weight is 328 g/mol. The quantitative estimate of drug-likeness (QED) is 0.577. The second kappa shape index (κ2) is 8.15. The molecule has 0 spiro atoms. The fourth-order valence-corrected chi connectivity index (χ4v) is 2.42. The molecule has 0 aliphatic carbocycles. The van der Waals surface area contributed by atoms with Crippen LogP contribution in [0.3, 0.4) is 0 Å². The summed E-state index contributed by atoms with van der Waals surface area (Å²) in [6.07, 6.45) is 0.0200. The molecule has 0 saturated heterocycles.